The van der Waals surface area contributed by atoms with Crippen LogP contribution in [0.25, 0.3) is 0 Å². The number of nitrogens with zero attached hydrogens (tertiary/aromatic N) is 2. The van der Waals surface area contributed by atoms with Gasteiger partial charge in [0.1, 0.15) is 5.76 Å². The highest BCUT2D eigenvalue weighted by Gasteiger charge is 2.19. The third kappa shape index (κ3) is 7.34. The number of benzene rings is 1. The molecule has 0 aliphatic heterocycles. The van der Waals surface area contributed by atoms with Crippen molar-refractivity contribution in [1.29, 1.82) is 0 Å². The molecular weight excluding hydrogens is 376 g/mol. The topological polar surface area (TPSA) is 96.6 Å². The van der Waals surface area contributed by atoms with Gasteiger partial charge in [-0.25, -0.2) is 13.4 Å². The van der Waals surface area contributed by atoms with E-state index in [-0.39, 0.29) is 16.9 Å². The first-order valence-electron chi connectivity index (χ1n) is 9.34. The van der Waals surface area contributed by atoms with Gasteiger partial charge < -0.3 is 15.1 Å². The Morgan fingerprint density at radius 2 is 1.89 bits per heavy atom. The van der Waals surface area contributed by atoms with E-state index in [0.29, 0.717) is 31.4 Å². The van der Waals surface area contributed by atoms with Crippen molar-refractivity contribution in [2.75, 3.05) is 19.3 Å². The minimum atomic E-state index is -3.13. The Bertz CT molecular complexity index is 868. The van der Waals surface area contributed by atoms with Crippen LogP contribution in [-0.4, -0.2) is 38.7 Å². The monoisotopic (exact) mass is 406 g/mol. The maximum Gasteiger partial charge on any atom is 0.213 e. The maximum absolute atomic E-state index is 12.2. The molecule has 0 spiro atoms. The Morgan fingerprint density at radius 3 is 2.50 bits per heavy atom. The largest absolute Gasteiger partial charge is 0.443 e. The van der Waals surface area contributed by atoms with Crippen LogP contribution in [0.1, 0.15) is 44.4 Å². The zero-order valence-electron chi connectivity index (χ0n) is 17.0. The summed E-state index contributed by atoms with van der Waals surface area (Å²) in [5.74, 6) is 2.19. The minimum absolute atomic E-state index is 0.0705. The molecule has 0 atom stereocenters. The summed E-state index contributed by atoms with van der Waals surface area (Å²) < 4.78 is 30.2. The van der Waals surface area contributed by atoms with E-state index in [4.69, 9.17) is 4.42 Å². The minimum Gasteiger partial charge on any atom is -0.443 e. The van der Waals surface area contributed by atoms with Gasteiger partial charge in [-0.15, -0.1) is 0 Å². The number of oxazole rings is 1. The quantitative estimate of drug-likeness (QED) is 0.397. The second kappa shape index (κ2) is 9.73. The summed E-state index contributed by atoms with van der Waals surface area (Å²) in [5.41, 5.74) is 0.727. The van der Waals surface area contributed by atoms with Crippen LogP contribution < -0.4 is 10.6 Å². The lowest BCUT2D eigenvalue weighted by Gasteiger charge is -2.13. The molecule has 2 aromatic rings. The van der Waals surface area contributed by atoms with E-state index >= 15 is 0 Å². The molecule has 2 rings (SSSR count). The summed E-state index contributed by atoms with van der Waals surface area (Å²) in [6.45, 7) is 7.11. The van der Waals surface area contributed by atoms with Gasteiger partial charge >= 0.3 is 0 Å². The highest BCUT2D eigenvalue weighted by Crippen LogP contribution is 2.22. The number of hydrogen-bond acceptors (Lipinski definition) is 5. The van der Waals surface area contributed by atoms with Crippen LogP contribution in [-0.2, 0) is 27.5 Å². The molecule has 0 radical (unpaired) electrons. The first kappa shape index (κ1) is 21.9. The van der Waals surface area contributed by atoms with Crippen LogP contribution in [0.5, 0.6) is 0 Å². The third-order valence-corrected chi connectivity index (χ3v) is 5.76. The maximum atomic E-state index is 12.2. The van der Waals surface area contributed by atoms with Crippen molar-refractivity contribution in [2.45, 2.75) is 44.9 Å². The van der Waals surface area contributed by atoms with Gasteiger partial charge in [-0.3, -0.25) is 4.99 Å². The van der Waals surface area contributed by atoms with Gasteiger partial charge in [-0.05, 0) is 12.0 Å². The summed E-state index contributed by atoms with van der Waals surface area (Å²) in [5, 5.41) is 6.24. The molecule has 28 heavy (non-hydrogen) atoms. The van der Waals surface area contributed by atoms with Crippen LogP contribution in [0.4, 0.5) is 0 Å². The van der Waals surface area contributed by atoms with Crippen LogP contribution in [0.2, 0.25) is 0 Å². The summed E-state index contributed by atoms with van der Waals surface area (Å²) in [4.78, 5) is 8.40. The molecule has 0 unspecified atom stereocenters. The standard InChI is InChI=1S/C20H30N4O3S/c1-20(2,3)17-13-23-18(27-17)14-24-19(21-4)22-11-8-12-28(25,26)15-16-9-6-5-7-10-16/h5-7,9-10,13H,8,11-12,14-15H2,1-4H3,(H2,21,22,24). The SMILES string of the molecule is CN=C(NCCCS(=O)(=O)Cc1ccccc1)NCc1ncc(C(C)(C)C)o1. The molecule has 2 N–H and O–H groups in total. The van der Waals surface area contributed by atoms with Crippen molar-refractivity contribution in [3.63, 3.8) is 0 Å². The van der Waals surface area contributed by atoms with Gasteiger partial charge in [0.05, 0.1) is 24.2 Å². The molecule has 1 aromatic heterocycles. The molecule has 1 aromatic carbocycles. The lowest BCUT2D eigenvalue weighted by atomic mass is 9.94. The Labute approximate surface area is 167 Å². The van der Waals surface area contributed by atoms with Gasteiger partial charge in [0.25, 0.3) is 0 Å². The lowest BCUT2D eigenvalue weighted by Crippen LogP contribution is -2.37. The van der Waals surface area contributed by atoms with Gasteiger partial charge in [-0.2, -0.15) is 0 Å². The number of aliphatic imine (C=N–C) groups is 1. The number of sulfone groups is 1. The molecule has 0 saturated carbocycles. The normalized spacial score (nSPS) is 12.8. The van der Waals surface area contributed by atoms with E-state index in [1.807, 2.05) is 30.3 Å². The van der Waals surface area contributed by atoms with Gasteiger partial charge in [0, 0.05) is 19.0 Å². The van der Waals surface area contributed by atoms with Gasteiger partial charge in [0.2, 0.25) is 5.89 Å². The second-order valence-electron chi connectivity index (χ2n) is 7.65. The van der Waals surface area contributed by atoms with Crippen molar-refractivity contribution in [3.8, 4) is 0 Å². The molecule has 154 valence electrons. The van der Waals surface area contributed by atoms with E-state index in [2.05, 4.69) is 41.4 Å². The van der Waals surface area contributed by atoms with Crippen molar-refractivity contribution in [3.05, 3.63) is 53.7 Å². The molecule has 0 amide bonds. The average molecular weight is 407 g/mol. The van der Waals surface area contributed by atoms with Crippen molar-refractivity contribution in [1.82, 2.24) is 15.6 Å². The first-order chi connectivity index (χ1) is 13.2. The fourth-order valence-corrected chi connectivity index (χ4v) is 3.95. The molecule has 0 aliphatic carbocycles. The molecule has 0 fully saturated rings. The Kier molecular flexibility index (Phi) is 7.62. The summed E-state index contributed by atoms with van der Waals surface area (Å²) in [7, 11) is -1.47. The number of hydrogen-bond donors (Lipinski definition) is 2. The Hall–Kier alpha value is -2.35. The van der Waals surface area contributed by atoms with Crippen LogP contribution in [0, 0.1) is 0 Å². The molecular formula is C20H30N4O3S. The number of aromatic nitrogens is 1. The number of nitrogens with one attached hydrogen (secondary N) is 2. The van der Waals surface area contributed by atoms with E-state index < -0.39 is 9.84 Å². The van der Waals surface area contributed by atoms with Crippen molar-refractivity contribution in [2.24, 2.45) is 4.99 Å². The summed E-state index contributed by atoms with van der Waals surface area (Å²) >= 11 is 0. The molecule has 8 heteroatoms. The highest BCUT2D eigenvalue weighted by atomic mass is 32.2. The summed E-state index contributed by atoms with van der Waals surface area (Å²) in [6.07, 6.45) is 2.24. The van der Waals surface area contributed by atoms with E-state index in [1.54, 1.807) is 13.2 Å². The van der Waals surface area contributed by atoms with Crippen LogP contribution in [0.15, 0.2) is 45.9 Å². The van der Waals surface area contributed by atoms with E-state index in [9.17, 15) is 8.42 Å². The highest BCUT2D eigenvalue weighted by molar-refractivity contribution is 7.90. The average Bonchev–Trinajstić information content (AvgIpc) is 3.11. The van der Waals surface area contributed by atoms with Crippen LogP contribution >= 0.6 is 0 Å². The third-order valence-electron chi connectivity index (χ3n) is 4.08. The van der Waals surface area contributed by atoms with E-state index in [0.717, 1.165) is 11.3 Å². The first-order valence-corrected chi connectivity index (χ1v) is 11.2. The smallest absolute Gasteiger partial charge is 0.213 e. The van der Waals surface area contributed by atoms with Crippen LogP contribution in [0.3, 0.4) is 0 Å². The van der Waals surface area contributed by atoms with Gasteiger partial charge in [-0.1, -0.05) is 51.1 Å². The zero-order chi connectivity index (χ0) is 20.6. The predicted octanol–water partition coefficient (Wildman–Crippen LogP) is 2.64. The number of rotatable bonds is 8. The van der Waals surface area contributed by atoms with Gasteiger partial charge in [0.15, 0.2) is 15.8 Å². The Morgan fingerprint density at radius 1 is 1.18 bits per heavy atom. The molecule has 0 aliphatic rings. The lowest BCUT2D eigenvalue weighted by molar-refractivity contribution is 0.379. The molecule has 0 bridgehead atoms. The van der Waals surface area contributed by atoms with Crippen molar-refractivity contribution < 1.29 is 12.8 Å². The fraction of sp³-hybridized carbons (Fsp3) is 0.500. The fourth-order valence-electron chi connectivity index (χ4n) is 2.52. The van der Waals surface area contributed by atoms with E-state index in [1.165, 1.54) is 0 Å². The molecule has 0 saturated heterocycles. The molecule has 7 nitrogen and oxygen atoms in total. The molecule has 1 heterocycles. The zero-order valence-corrected chi connectivity index (χ0v) is 17.8. The second-order valence-corrected chi connectivity index (χ2v) is 9.84. The Balaban J connectivity index is 1.73. The number of guanidine groups is 1. The predicted molar refractivity (Wildman–Crippen MR) is 112 cm³/mol. The van der Waals surface area contributed by atoms with Crippen molar-refractivity contribution >= 4 is 15.8 Å². The summed E-state index contributed by atoms with van der Waals surface area (Å²) in [6, 6.07) is 9.23.